The van der Waals surface area contributed by atoms with Crippen LogP contribution in [0.5, 0.6) is 17.2 Å². The first-order chi connectivity index (χ1) is 23.5. The largest absolute Gasteiger partial charge is 1.00 e. The zero-order valence-electron chi connectivity index (χ0n) is 27.5. The molecule has 13 heteroatoms. The van der Waals surface area contributed by atoms with E-state index in [-0.39, 0.29) is 70.2 Å². The van der Waals surface area contributed by atoms with Crippen LogP contribution in [0, 0.1) is 6.92 Å². The van der Waals surface area contributed by atoms with Crippen molar-refractivity contribution >= 4 is 44.0 Å². The van der Waals surface area contributed by atoms with Gasteiger partial charge in [0.25, 0.3) is 0 Å². The van der Waals surface area contributed by atoms with E-state index in [0.29, 0.717) is 47.1 Å². The van der Waals surface area contributed by atoms with Crippen LogP contribution in [-0.2, 0) is 14.9 Å². The Bertz CT molecular complexity index is 2140. The van der Waals surface area contributed by atoms with Crippen LogP contribution in [0.2, 0.25) is 0 Å². The summed E-state index contributed by atoms with van der Waals surface area (Å²) >= 11 is 0. The van der Waals surface area contributed by atoms with E-state index in [4.69, 9.17) is 9.47 Å². The summed E-state index contributed by atoms with van der Waals surface area (Å²) < 4.78 is 46.5. The van der Waals surface area contributed by atoms with Crippen LogP contribution in [0.15, 0.2) is 112 Å². The molecule has 0 spiro atoms. The number of ketones is 1. The minimum absolute atomic E-state index is 0. The van der Waals surface area contributed by atoms with Crippen LogP contribution in [0.25, 0.3) is 10.8 Å². The van der Waals surface area contributed by atoms with Gasteiger partial charge in [-0.25, -0.2) is 13.2 Å². The van der Waals surface area contributed by atoms with Gasteiger partial charge in [-0.05, 0) is 73.9 Å². The van der Waals surface area contributed by atoms with E-state index in [0.717, 1.165) is 12.8 Å². The van der Waals surface area contributed by atoms with E-state index >= 15 is 0 Å². The van der Waals surface area contributed by atoms with Crippen molar-refractivity contribution in [2.75, 3.05) is 13.2 Å². The van der Waals surface area contributed by atoms with E-state index in [2.05, 4.69) is 10.2 Å². The summed E-state index contributed by atoms with van der Waals surface area (Å²) in [7, 11) is -4.85. The predicted molar refractivity (Wildman–Crippen MR) is 181 cm³/mol. The van der Waals surface area contributed by atoms with Crippen LogP contribution in [0.4, 0.5) is 11.4 Å². The molecule has 0 amide bonds. The van der Waals surface area contributed by atoms with E-state index < -0.39 is 26.7 Å². The molecule has 0 radical (unpaired) electrons. The van der Waals surface area contributed by atoms with Crippen molar-refractivity contribution in [3.63, 3.8) is 0 Å². The van der Waals surface area contributed by atoms with Gasteiger partial charge < -0.3 is 24.2 Å². The van der Waals surface area contributed by atoms with Gasteiger partial charge in [-0.2, -0.15) is 0 Å². The Balaban J connectivity index is 0.00000562. The Morgan fingerprint density at radius 1 is 0.780 bits per heavy atom. The molecule has 5 aromatic carbocycles. The zero-order valence-corrected chi connectivity index (χ0v) is 30.4. The first kappa shape index (κ1) is 38.2. The van der Waals surface area contributed by atoms with Crippen LogP contribution in [0.3, 0.4) is 0 Å². The molecular formula is C37H33N2NaO9S. The molecule has 0 saturated carbocycles. The summed E-state index contributed by atoms with van der Waals surface area (Å²) in [6.45, 7) is 2.12. The monoisotopic (exact) mass is 704 g/mol. The van der Waals surface area contributed by atoms with E-state index in [1.54, 1.807) is 67.6 Å². The van der Waals surface area contributed by atoms with Crippen molar-refractivity contribution in [3.05, 3.63) is 119 Å². The second kappa shape index (κ2) is 17.4. The second-order valence-corrected chi connectivity index (χ2v) is 12.6. The van der Waals surface area contributed by atoms with Gasteiger partial charge in [-0.1, -0.05) is 60.7 Å². The summed E-state index contributed by atoms with van der Waals surface area (Å²) in [5.74, 6) is -1.25. The quantitative estimate of drug-likeness (QED) is 0.0406. The number of hydrogen-bond acceptors (Lipinski definition) is 11. The third-order valence-corrected chi connectivity index (χ3v) is 8.51. The minimum atomic E-state index is -4.85. The number of carbonyl (C=O) groups excluding carboxylic acids is 2. The SMILES string of the molecule is Cc1ccc(N=Nc2c(O)c(C(=O)OCCCCCCOc3ccc(C(=O)c4ccccc4)c(O)c3)cc3ccccc23)c(S(=O)(=O)[O-])c1.[Na+]. The number of benzene rings is 5. The van der Waals surface area contributed by atoms with Gasteiger partial charge in [0, 0.05) is 17.0 Å². The Morgan fingerprint density at radius 2 is 1.48 bits per heavy atom. The number of aryl methyl sites for hydroxylation is 1. The van der Waals surface area contributed by atoms with E-state index in [1.165, 1.54) is 30.3 Å². The Morgan fingerprint density at radius 3 is 2.20 bits per heavy atom. The fourth-order valence-electron chi connectivity index (χ4n) is 5.11. The number of unbranched alkanes of at least 4 members (excludes halogenated alkanes) is 3. The Labute approximate surface area is 311 Å². The summed E-state index contributed by atoms with van der Waals surface area (Å²) in [6.07, 6.45) is 2.77. The van der Waals surface area contributed by atoms with Crippen molar-refractivity contribution in [1.82, 2.24) is 0 Å². The van der Waals surface area contributed by atoms with Gasteiger partial charge in [-0.15, -0.1) is 10.2 Å². The molecule has 5 aromatic rings. The van der Waals surface area contributed by atoms with Crippen molar-refractivity contribution in [2.24, 2.45) is 10.2 Å². The molecule has 5 rings (SSSR count). The molecule has 0 atom stereocenters. The average Bonchev–Trinajstić information content (AvgIpc) is 3.09. The zero-order chi connectivity index (χ0) is 35.0. The van der Waals surface area contributed by atoms with Gasteiger partial charge in [0.05, 0.1) is 23.7 Å². The maximum atomic E-state index is 13.0. The number of fused-ring (bicyclic) bond motifs is 1. The minimum Gasteiger partial charge on any atom is -0.744 e. The number of hydrogen-bond donors (Lipinski definition) is 2. The maximum absolute atomic E-state index is 13.0. The standard InChI is InChI=1S/C37H34N2O9S.Na/c1-24-15-18-31(33(21-24)49(44,45)46)38-39-34-28-14-8-7-13-26(28)22-30(36(34)42)37(43)48-20-10-3-2-9-19-47-27-16-17-29(32(40)23-27)35(41)25-11-5-4-6-12-25;/h4-8,11-18,21-23,40,42H,2-3,9-10,19-20H2,1H3,(H,44,45,46);/q;+1/p-1. The van der Waals surface area contributed by atoms with Crippen LogP contribution >= 0.6 is 0 Å². The molecular weight excluding hydrogens is 671 g/mol. The van der Waals surface area contributed by atoms with Gasteiger partial charge in [-0.3, -0.25) is 4.79 Å². The summed E-state index contributed by atoms with van der Waals surface area (Å²) in [5, 5.41) is 30.4. The van der Waals surface area contributed by atoms with Gasteiger partial charge in [0.2, 0.25) is 0 Å². The molecule has 0 saturated heterocycles. The third-order valence-electron chi connectivity index (χ3n) is 7.65. The number of nitrogens with zero attached hydrogens (tertiary/aromatic N) is 2. The van der Waals surface area contributed by atoms with Crippen LogP contribution < -0.4 is 34.3 Å². The molecule has 0 aliphatic rings. The number of aromatic hydroxyl groups is 2. The molecule has 0 aromatic heterocycles. The van der Waals surface area contributed by atoms with E-state index in [1.807, 2.05) is 6.07 Å². The van der Waals surface area contributed by atoms with Crippen molar-refractivity contribution in [1.29, 1.82) is 0 Å². The van der Waals surface area contributed by atoms with E-state index in [9.17, 15) is 32.8 Å². The third kappa shape index (κ3) is 9.55. The van der Waals surface area contributed by atoms with Crippen molar-refractivity contribution in [2.45, 2.75) is 37.5 Å². The molecule has 2 N–H and O–H groups in total. The van der Waals surface area contributed by atoms with Crippen molar-refractivity contribution < 1.29 is 71.8 Å². The molecule has 0 fully saturated rings. The smallest absolute Gasteiger partial charge is 0.744 e. The first-order valence-electron chi connectivity index (χ1n) is 15.5. The summed E-state index contributed by atoms with van der Waals surface area (Å²) in [4.78, 5) is 25.1. The van der Waals surface area contributed by atoms with Gasteiger partial charge in [0.1, 0.15) is 38.6 Å². The van der Waals surface area contributed by atoms with Gasteiger partial charge >= 0.3 is 35.5 Å². The molecule has 11 nitrogen and oxygen atoms in total. The summed E-state index contributed by atoms with van der Waals surface area (Å²) in [5.41, 5.74) is 0.801. The first-order valence-corrected chi connectivity index (χ1v) is 16.9. The van der Waals surface area contributed by atoms with Crippen molar-refractivity contribution in [3.8, 4) is 17.2 Å². The number of rotatable bonds is 14. The normalized spacial score (nSPS) is 11.3. The second-order valence-electron chi connectivity index (χ2n) is 11.2. The Kier molecular flexibility index (Phi) is 13.3. The molecule has 0 bridgehead atoms. The average molecular weight is 705 g/mol. The fraction of sp³-hybridized carbons (Fsp3) is 0.189. The molecule has 0 aliphatic carbocycles. The van der Waals surface area contributed by atoms with Crippen LogP contribution in [0.1, 0.15) is 57.5 Å². The number of ether oxygens (including phenoxy) is 2. The maximum Gasteiger partial charge on any atom is 1.00 e. The molecule has 252 valence electrons. The number of phenols is 2. The molecule has 50 heavy (non-hydrogen) atoms. The number of azo groups is 1. The molecule has 0 aliphatic heterocycles. The Hall–Kier alpha value is -4.59. The summed E-state index contributed by atoms with van der Waals surface area (Å²) in [6, 6.07) is 25.7. The molecule has 0 heterocycles. The number of phenolic OH excluding ortho intramolecular Hbond substituents is 2. The predicted octanol–water partition coefficient (Wildman–Crippen LogP) is 4.91. The molecule has 0 unspecified atom stereocenters. The number of carbonyl (C=O) groups is 2. The van der Waals surface area contributed by atoms with Crippen LogP contribution in [-0.4, -0.2) is 48.1 Å². The fourth-order valence-corrected chi connectivity index (χ4v) is 5.81. The van der Waals surface area contributed by atoms with Gasteiger partial charge in [0.15, 0.2) is 11.5 Å². The topological polar surface area (TPSA) is 175 Å². The number of esters is 1.